The Labute approximate surface area is 119 Å². The smallest absolute Gasteiger partial charge is 0.321 e. The lowest BCUT2D eigenvalue weighted by Gasteiger charge is -2.18. The predicted octanol–water partition coefficient (Wildman–Crippen LogP) is 1.89. The topological polar surface area (TPSA) is 95.5 Å². The van der Waals surface area contributed by atoms with Crippen LogP contribution < -0.4 is 10.6 Å². The molecule has 0 heterocycles. The monoisotopic (exact) mass is 284 g/mol. The van der Waals surface area contributed by atoms with Gasteiger partial charge in [-0.15, -0.1) is 0 Å². The number of hydrogen-bond acceptors (Lipinski definition) is 3. The average Bonchev–Trinajstić information content (AvgIpc) is 3.06. The number of amides is 3. The standard InChI is InChI=1S/C14H24N2O4/c1-4-5-14(6-7-14)9-15-12(20)16-10(17)8-13(2,3)11(18)19/h4-9H2,1-3H3,(H,18,19)(H2,15,16,17,20). The van der Waals surface area contributed by atoms with Crippen molar-refractivity contribution in [2.24, 2.45) is 10.8 Å². The van der Waals surface area contributed by atoms with Crippen molar-refractivity contribution in [1.82, 2.24) is 10.6 Å². The Balaban J connectivity index is 2.32. The molecule has 0 aliphatic heterocycles. The Bertz CT molecular complexity index is 400. The summed E-state index contributed by atoms with van der Waals surface area (Å²) in [4.78, 5) is 34.1. The van der Waals surface area contributed by atoms with Gasteiger partial charge in [0.2, 0.25) is 5.91 Å². The van der Waals surface area contributed by atoms with Crippen LogP contribution in [0.4, 0.5) is 4.79 Å². The maximum absolute atomic E-state index is 11.6. The third kappa shape index (κ3) is 4.83. The number of carbonyl (C=O) groups excluding carboxylic acids is 2. The third-order valence-corrected chi connectivity index (χ3v) is 3.80. The summed E-state index contributed by atoms with van der Waals surface area (Å²) < 4.78 is 0. The Kier molecular flexibility index (Phi) is 5.14. The molecule has 1 aliphatic carbocycles. The fourth-order valence-corrected chi connectivity index (χ4v) is 2.18. The molecule has 0 aromatic heterocycles. The lowest BCUT2D eigenvalue weighted by Crippen LogP contribution is -2.43. The maximum atomic E-state index is 11.6. The van der Waals surface area contributed by atoms with Crippen molar-refractivity contribution in [3.63, 3.8) is 0 Å². The first-order valence-corrected chi connectivity index (χ1v) is 7.02. The second-order valence-electron chi connectivity index (χ2n) is 6.35. The van der Waals surface area contributed by atoms with Gasteiger partial charge in [0.15, 0.2) is 0 Å². The van der Waals surface area contributed by atoms with Crippen molar-refractivity contribution in [3.8, 4) is 0 Å². The molecular weight excluding hydrogens is 260 g/mol. The van der Waals surface area contributed by atoms with Crippen LogP contribution >= 0.6 is 0 Å². The summed E-state index contributed by atoms with van der Waals surface area (Å²) in [6.07, 6.45) is 4.15. The van der Waals surface area contributed by atoms with E-state index < -0.39 is 23.3 Å². The first-order valence-electron chi connectivity index (χ1n) is 7.02. The van der Waals surface area contributed by atoms with Crippen molar-refractivity contribution in [2.45, 2.75) is 52.9 Å². The molecule has 0 atom stereocenters. The van der Waals surface area contributed by atoms with E-state index in [-0.39, 0.29) is 11.8 Å². The van der Waals surface area contributed by atoms with Gasteiger partial charge >= 0.3 is 12.0 Å². The number of nitrogens with one attached hydrogen (secondary N) is 2. The first kappa shape index (κ1) is 16.5. The molecule has 6 nitrogen and oxygen atoms in total. The fourth-order valence-electron chi connectivity index (χ4n) is 2.18. The Morgan fingerprint density at radius 1 is 1.25 bits per heavy atom. The zero-order valence-electron chi connectivity index (χ0n) is 12.4. The molecule has 20 heavy (non-hydrogen) atoms. The summed E-state index contributed by atoms with van der Waals surface area (Å²) in [5.41, 5.74) is -0.959. The molecule has 1 fully saturated rings. The summed E-state index contributed by atoms with van der Waals surface area (Å²) in [5, 5.41) is 13.8. The number of imide groups is 1. The van der Waals surface area contributed by atoms with E-state index in [0.717, 1.165) is 25.7 Å². The van der Waals surface area contributed by atoms with Crippen LogP contribution in [0.15, 0.2) is 0 Å². The average molecular weight is 284 g/mol. The van der Waals surface area contributed by atoms with E-state index in [4.69, 9.17) is 5.11 Å². The second-order valence-corrected chi connectivity index (χ2v) is 6.35. The third-order valence-electron chi connectivity index (χ3n) is 3.80. The summed E-state index contributed by atoms with van der Waals surface area (Å²) in [6.45, 7) is 5.58. The lowest BCUT2D eigenvalue weighted by molar-refractivity contribution is -0.149. The summed E-state index contributed by atoms with van der Waals surface area (Å²) in [5.74, 6) is -1.64. The van der Waals surface area contributed by atoms with Crippen LogP contribution in [0.1, 0.15) is 52.9 Å². The number of aliphatic carboxylic acids is 1. The normalized spacial score (nSPS) is 16.4. The molecule has 0 bridgehead atoms. The molecule has 0 spiro atoms. The molecule has 0 aromatic rings. The number of carboxylic acids is 1. The van der Waals surface area contributed by atoms with Crippen LogP contribution in [0.5, 0.6) is 0 Å². The maximum Gasteiger partial charge on any atom is 0.321 e. The first-order chi connectivity index (χ1) is 9.21. The van der Waals surface area contributed by atoms with E-state index in [0.29, 0.717) is 6.54 Å². The van der Waals surface area contributed by atoms with E-state index in [2.05, 4.69) is 17.6 Å². The Morgan fingerprint density at radius 3 is 2.30 bits per heavy atom. The van der Waals surface area contributed by atoms with E-state index >= 15 is 0 Å². The molecule has 0 radical (unpaired) electrons. The van der Waals surface area contributed by atoms with Crippen molar-refractivity contribution in [1.29, 1.82) is 0 Å². The second kappa shape index (κ2) is 6.24. The van der Waals surface area contributed by atoms with E-state index in [1.54, 1.807) is 0 Å². The lowest BCUT2D eigenvalue weighted by atomic mass is 9.89. The van der Waals surface area contributed by atoms with Crippen molar-refractivity contribution in [2.75, 3.05) is 6.54 Å². The molecule has 3 N–H and O–H groups in total. The summed E-state index contributed by atoms with van der Waals surface area (Å²) in [7, 11) is 0. The van der Waals surface area contributed by atoms with Gasteiger partial charge in [-0.3, -0.25) is 14.9 Å². The van der Waals surface area contributed by atoms with Gasteiger partial charge in [-0.25, -0.2) is 4.79 Å². The molecule has 3 amide bonds. The van der Waals surface area contributed by atoms with Crippen molar-refractivity contribution in [3.05, 3.63) is 0 Å². The van der Waals surface area contributed by atoms with Crippen LogP contribution in [0.2, 0.25) is 0 Å². The molecule has 114 valence electrons. The quantitative estimate of drug-likeness (QED) is 0.665. The number of rotatable bonds is 7. The predicted molar refractivity (Wildman–Crippen MR) is 74.2 cm³/mol. The zero-order chi connectivity index (χ0) is 15.4. The largest absolute Gasteiger partial charge is 0.481 e. The van der Waals surface area contributed by atoms with Crippen LogP contribution in [0, 0.1) is 10.8 Å². The highest BCUT2D eigenvalue weighted by Crippen LogP contribution is 2.48. The molecule has 1 aliphatic rings. The van der Waals surface area contributed by atoms with Crippen molar-refractivity contribution >= 4 is 17.9 Å². The van der Waals surface area contributed by atoms with Crippen LogP contribution in [-0.2, 0) is 9.59 Å². The van der Waals surface area contributed by atoms with E-state index in [1.165, 1.54) is 13.8 Å². The van der Waals surface area contributed by atoms with Crippen LogP contribution in [0.25, 0.3) is 0 Å². The van der Waals surface area contributed by atoms with E-state index in [1.807, 2.05) is 0 Å². The zero-order valence-corrected chi connectivity index (χ0v) is 12.4. The van der Waals surface area contributed by atoms with Gasteiger partial charge in [-0.05, 0) is 38.5 Å². The minimum atomic E-state index is -1.18. The number of carboxylic acid groups (broad SMARTS) is 1. The summed E-state index contributed by atoms with van der Waals surface area (Å²) in [6, 6.07) is -0.543. The molecular formula is C14H24N2O4. The van der Waals surface area contributed by atoms with Gasteiger partial charge in [0.05, 0.1) is 5.41 Å². The number of carbonyl (C=O) groups is 3. The molecule has 0 unspecified atom stereocenters. The molecule has 0 saturated heterocycles. The molecule has 0 aromatic carbocycles. The number of urea groups is 1. The van der Waals surface area contributed by atoms with Gasteiger partial charge in [0, 0.05) is 13.0 Å². The van der Waals surface area contributed by atoms with Gasteiger partial charge in [0.25, 0.3) is 0 Å². The number of hydrogen-bond donors (Lipinski definition) is 3. The Hall–Kier alpha value is -1.59. The highest BCUT2D eigenvalue weighted by Gasteiger charge is 2.41. The minimum Gasteiger partial charge on any atom is -0.481 e. The minimum absolute atomic E-state index is 0.218. The molecule has 1 saturated carbocycles. The SMILES string of the molecule is CCCC1(CNC(=O)NC(=O)CC(C)(C)C(=O)O)CC1. The van der Waals surface area contributed by atoms with Gasteiger partial charge < -0.3 is 10.4 Å². The van der Waals surface area contributed by atoms with Crippen LogP contribution in [-0.4, -0.2) is 29.6 Å². The highest BCUT2D eigenvalue weighted by molar-refractivity contribution is 5.96. The highest BCUT2D eigenvalue weighted by atomic mass is 16.4. The molecule has 1 rings (SSSR count). The van der Waals surface area contributed by atoms with Crippen LogP contribution in [0.3, 0.4) is 0 Å². The molecule has 6 heteroatoms. The van der Waals surface area contributed by atoms with Gasteiger partial charge in [-0.1, -0.05) is 13.3 Å². The summed E-state index contributed by atoms with van der Waals surface area (Å²) >= 11 is 0. The van der Waals surface area contributed by atoms with Crippen molar-refractivity contribution < 1.29 is 19.5 Å². The fraction of sp³-hybridized carbons (Fsp3) is 0.786. The van der Waals surface area contributed by atoms with Gasteiger partial charge in [-0.2, -0.15) is 0 Å². The van der Waals surface area contributed by atoms with Gasteiger partial charge in [0.1, 0.15) is 0 Å². The Morgan fingerprint density at radius 2 is 1.85 bits per heavy atom. The van der Waals surface area contributed by atoms with E-state index in [9.17, 15) is 14.4 Å².